The maximum absolute atomic E-state index is 6.29. The summed E-state index contributed by atoms with van der Waals surface area (Å²) in [5.74, 6) is 1.88. The lowest BCUT2D eigenvalue weighted by Gasteiger charge is -2.27. The molecule has 0 N–H and O–H groups in total. The molecule has 0 saturated heterocycles. The fourth-order valence-corrected chi connectivity index (χ4v) is 4.55. The van der Waals surface area contributed by atoms with Crippen molar-refractivity contribution in [2.45, 2.75) is 44.3 Å². The Morgan fingerprint density at radius 1 is 0.952 bits per heavy atom. The van der Waals surface area contributed by atoms with Crippen LogP contribution >= 0.6 is 11.6 Å². The zero-order chi connectivity index (χ0) is 15.0. The van der Waals surface area contributed by atoms with Gasteiger partial charge in [0.05, 0.1) is 0 Å². The van der Waals surface area contributed by atoms with E-state index in [4.69, 9.17) is 11.6 Å². The lowest BCUT2D eigenvalue weighted by atomic mass is 10.0. The smallest absolute Gasteiger partial charge is 0.0451 e. The highest BCUT2D eigenvalue weighted by Crippen LogP contribution is 2.46. The van der Waals surface area contributed by atoms with E-state index in [-0.39, 0.29) is 0 Å². The SMILES string of the molecule is CN(C)C1C[C@@H]2CC(N(C)Cc3ccccc3Cl)C[C@@H]2C1. The lowest BCUT2D eigenvalue weighted by molar-refractivity contribution is 0.212. The molecule has 2 aliphatic rings. The van der Waals surface area contributed by atoms with Crippen molar-refractivity contribution in [2.24, 2.45) is 11.8 Å². The van der Waals surface area contributed by atoms with E-state index in [1.54, 1.807) is 0 Å². The van der Waals surface area contributed by atoms with Gasteiger partial charge in [-0.3, -0.25) is 4.90 Å². The molecule has 4 atom stereocenters. The van der Waals surface area contributed by atoms with Crippen LogP contribution in [0.25, 0.3) is 0 Å². The number of fused-ring (bicyclic) bond motifs is 1. The van der Waals surface area contributed by atoms with Gasteiger partial charge in [0.2, 0.25) is 0 Å². The number of benzene rings is 1. The van der Waals surface area contributed by atoms with Gasteiger partial charge in [0, 0.05) is 23.7 Å². The maximum atomic E-state index is 6.29. The molecule has 2 unspecified atom stereocenters. The van der Waals surface area contributed by atoms with Crippen LogP contribution in [0.4, 0.5) is 0 Å². The van der Waals surface area contributed by atoms with Gasteiger partial charge in [-0.15, -0.1) is 0 Å². The van der Waals surface area contributed by atoms with Gasteiger partial charge in [0.15, 0.2) is 0 Å². The summed E-state index contributed by atoms with van der Waals surface area (Å²) >= 11 is 6.29. The van der Waals surface area contributed by atoms with Crippen LogP contribution in [0.3, 0.4) is 0 Å². The minimum absolute atomic E-state index is 0.736. The van der Waals surface area contributed by atoms with Crippen LogP contribution < -0.4 is 0 Å². The topological polar surface area (TPSA) is 6.48 Å². The minimum atomic E-state index is 0.736. The summed E-state index contributed by atoms with van der Waals surface area (Å²) in [6, 6.07) is 9.79. The first-order chi connectivity index (χ1) is 10.0. The molecule has 21 heavy (non-hydrogen) atoms. The van der Waals surface area contributed by atoms with Crippen LogP contribution in [-0.4, -0.2) is 43.0 Å². The first kappa shape index (κ1) is 15.3. The van der Waals surface area contributed by atoms with E-state index in [9.17, 15) is 0 Å². The van der Waals surface area contributed by atoms with Crippen LogP contribution in [-0.2, 0) is 6.54 Å². The van der Waals surface area contributed by atoms with E-state index in [1.165, 1.54) is 31.2 Å². The summed E-state index contributed by atoms with van der Waals surface area (Å²) in [5.41, 5.74) is 1.25. The van der Waals surface area contributed by atoms with Crippen molar-refractivity contribution < 1.29 is 0 Å². The summed E-state index contributed by atoms with van der Waals surface area (Å²) < 4.78 is 0. The third-order valence-corrected chi connectivity index (χ3v) is 6.07. The van der Waals surface area contributed by atoms with Crippen molar-refractivity contribution in [2.75, 3.05) is 21.1 Å². The molecule has 0 radical (unpaired) electrons. The Hall–Kier alpha value is -0.570. The van der Waals surface area contributed by atoms with Crippen molar-refractivity contribution in [3.63, 3.8) is 0 Å². The van der Waals surface area contributed by atoms with Crippen LogP contribution in [0.5, 0.6) is 0 Å². The molecule has 3 rings (SSSR count). The molecule has 2 fully saturated rings. The standard InChI is InChI=1S/C18H27ClN2/c1-20(2)16-8-14-10-17(11-15(14)9-16)21(3)12-13-6-4-5-7-18(13)19/h4-7,14-17H,8-12H2,1-3H3/t14-,15+,16?,17?. The zero-order valence-corrected chi connectivity index (χ0v) is 14.2. The third kappa shape index (κ3) is 3.28. The quantitative estimate of drug-likeness (QED) is 0.832. The Morgan fingerprint density at radius 3 is 2.10 bits per heavy atom. The number of hydrogen-bond donors (Lipinski definition) is 0. The Bertz CT molecular complexity index is 474. The van der Waals surface area contributed by atoms with Crippen molar-refractivity contribution in [1.82, 2.24) is 9.80 Å². The van der Waals surface area contributed by atoms with Gasteiger partial charge in [-0.2, -0.15) is 0 Å². The van der Waals surface area contributed by atoms with Crippen LogP contribution in [0.2, 0.25) is 5.02 Å². The molecule has 2 nitrogen and oxygen atoms in total. The number of rotatable bonds is 4. The fraction of sp³-hybridized carbons (Fsp3) is 0.667. The maximum Gasteiger partial charge on any atom is 0.0451 e. The largest absolute Gasteiger partial charge is 0.306 e. The molecule has 0 aliphatic heterocycles. The summed E-state index contributed by atoms with van der Waals surface area (Å²) in [5, 5.41) is 0.898. The third-order valence-electron chi connectivity index (χ3n) is 5.70. The average Bonchev–Trinajstić information content (AvgIpc) is 2.99. The van der Waals surface area contributed by atoms with E-state index in [0.29, 0.717) is 0 Å². The Balaban J connectivity index is 1.57. The van der Waals surface area contributed by atoms with Gasteiger partial charge < -0.3 is 4.90 Å². The predicted octanol–water partition coefficient (Wildman–Crippen LogP) is 3.89. The highest BCUT2D eigenvalue weighted by molar-refractivity contribution is 6.31. The molecular formula is C18H27ClN2. The van der Waals surface area contributed by atoms with Crippen LogP contribution in [0.15, 0.2) is 24.3 Å². The Labute approximate surface area is 134 Å². The van der Waals surface area contributed by atoms with Gasteiger partial charge in [-0.1, -0.05) is 29.8 Å². The first-order valence-corrected chi connectivity index (χ1v) is 8.52. The number of nitrogens with zero attached hydrogens (tertiary/aromatic N) is 2. The molecule has 0 spiro atoms. The van der Waals surface area contributed by atoms with Gasteiger partial charge in [-0.25, -0.2) is 0 Å². The summed E-state index contributed by atoms with van der Waals surface area (Å²) in [4.78, 5) is 4.94. The molecule has 1 aromatic rings. The van der Waals surface area contributed by atoms with E-state index in [0.717, 1.165) is 35.5 Å². The van der Waals surface area contributed by atoms with E-state index in [2.05, 4.69) is 43.1 Å². The van der Waals surface area contributed by atoms with Gasteiger partial charge in [-0.05, 0) is 70.3 Å². The lowest BCUT2D eigenvalue weighted by Crippen LogP contribution is -2.31. The molecule has 3 heteroatoms. The second kappa shape index (κ2) is 6.28. The van der Waals surface area contributed by atoms with Crippen molar-refractivity contribution in [3.8, 4) is 0 Å². The molecular weight excluding hydrogens is 280 g/mol. The second-order valence-electron chi connectivity index (χ2n) is 7.24. The van der Waals surface area contributed by atoms with E-state index < -0.39 is 0 Å². The van der Waals surface area contributed by atoms with Gasteiger partial charge >= 0.3 is 0 Å². The molecule has 0 aromatic heterocycles. The zero-order valence-electron chi connectivity index (χ0n) is 13.4. The normalized spacial score (nSPS) is 32.1. The molecule has 116 valence electrons. The summed E-state index contributed by atoms with van der Waals surface area (Å²) in [7, 11) is 6.72. The average molecular weight is 307 g/mol. The van der Waals surface area contributed by atoms with Crippen molar-refractivity contribution in [1.29, 1.82) is 0 Å². The molecule has 2 aliphatic carbocycles. The fourth-order valence-electron chi connectivity index (χ4n) is 4.36. The van der Waals surface area contributed by atoms with E-state index in [1.807, 2.05) is 12.1 Å². The van der Waals surface area contributed by atoms with Crippen LogP contribution in [0.1, 0.15) is 31.2 Å². The second-order valence-corrected chi connectivity index (χ2v) is 7.65. The molecule has 2 saturated carbocycles. The Kier molecular flexibility index (Phi) is 4.58. The number of halogens is 1. The highest BCUT2D eigenvalue weighted by Gasteiger charge is 2.43. The number of hydrogen-bond acceptors (Lipinski definition) is 2. The molecule has 0 amide bonds. The summed E-state index contributed by atoms with van der Waals surface area (Å²) in [6.45, 7) is 0.973. The van der Waals surface area contributed by atoms with E-state index >= 15 is 0 Å². The first-order valence-electron chi connectivity index (χ1n) is 8.14. The molecule has 0 bridgehead atoms. The van der Waals surface area contributed by atoms with Crippen molar-refractivity contribution in [3.05, 3.63) is 34.9 Å². The molecule has 1 aromatic carbocycles. The van der Waals surface area contributed by atoms with Gasteiger partial charge in [0.25, 0.3) is 0 Å². The van der Waals surface area contributed by atoms with Gasteiger partial charge in [0.1, 0.15) is 0 Å². The predicted molar refractivity (Wildman–Crippen MR) is 89.6 cm³/mol. The molecule has 0 heterocycles. The van der Waals surface area contributed by atoms with Crippen molar-refractivity contribution >= 4 is 11.6 Å². The van der Waals surface area contributed by atoms with Crippen LogP contribution in [0, 0.1) is 11.8 Å². The summed E-state index contributed by atoms with van der Waals surface area (Å²) in [6.07, 6.45) is 5.54. The highest BCUT2D eigenvalue weighted by atomic mass is 35.5. The monoisotopic (exact) mass is 306 g/mol. The Morgan fingerprint density at radius 2 is 1.52 bits per heavy atom. The minimum Gasteiger partial charge on any atom is -0.306 e.